The van der Waals surface area contributed by atoms with E-state index in [9.17, 15) is 14.7 Å². The van der Waals surface area contributed by atoms with E-state index in [0.29, 0.717) is 27.1 Å². The average Bonchev–Trinajstić information content (AvgIpc) is 2.82. The summed E-state index contributed by atoms with van der Waals surface area (Å²) in [5.41, 5.74) is 0.785. The van der Waals surface area contributed by atoms with Crippen LogP contribution < -0.4 is 14.6 Å². The highest BCUT2D eigenvalue weighted by molar-refractivity contribution is 8.26. The summed E-state index contributed by atoms with van der Waals surface area (Å²) in [7, 11) is 1.56. The van der Waals surface area contributed by atoms with Gasteiger partial charge in [0.05, 0.1) is 18.1 Å². The van der Waals surface area contributed by atoms with Crippen molar-refractivity contribution in [2.75, 3.05) is 13.7 Å². The fraction of sp³-hybridized carbons (Fsp3) is 0.389. The summed E-state index contributed by atoms with van der Waals surface area (Å²) in [6.07, 6.45) is 1.95. The monoisotopic (exact) mass is 394 g/mol. The Kier molecular flexibility index (Phi) is 7.05. The summed E-state index contributed by atoms with van der Waals surface area (Å²) >= 11 is 6.42. The second-order valence-electron chi connectivity index (χ2n) is 5.89. The topological polar surface area (TPSA) is 78.9 Å². The van der Waals surface area contributed by atoms with Crippen molar-refractivity contribution in [3.8, 4) is 11.5 Å². The second kappa shape index (κ2) is 9.05. The van der Waals surface area contributed by atoms with Gasteiger partial charge in [-0.3, -0.25) is 9.69 Å². The lowest BCUT2D eigenvalue weighted by Crippen LogP contribution is -2.30. The zero-order valence-corrected chi connectivity index (χ0v) is 16.4. The molecule has 0 unspecified atom stereocenters. The molecule has 1 aliphatic heterocycles. The number of thiocarbonyl (C=S) groups is 1. The van der Waals surface area contributed by atoms with E-state index in [1.54, 1.807) is 25.3 Å². The highest BCUT2D eigenvalue weighted by atomic mass is 32.2. The number of carbonyl (C=O) groups is 2. The normalized spacial score (nSPS) is 15.8. The molecule has 1 heterocycles. The molecule has 0 N–H and O–H groups in total. The Labute approximate surface area is 162 Å². The fourth-order valence-electron chi connectivity index (χ4n) is 2.35. The van der Waals surface area contributed by atoms with Crippen molar-refractivity contribution >= 4 is 46.3 Å². The SMILES string of the molecule is COc1cc(/C=C2\SC(=S)N(CCCC(=O)[O-])C2=O)ccc1OC(C)C. The number of methoxy groups -OCH3 is 1. The van der Waals surface area contributed by atoms with Gasteiger partial charge in [-0.2, -0.15) is 0 Å². The molecule has 0 bridgehead atoms. The van der Waals surface area contributed by atoms with Gasteiger partial charge in [0.1, 0.15) is 4.32 Å². The molecule has 6 nitrogen and oxygen atoms in total. The molecule has 140 valence electrons. The smallest absolute Gasteiger partial charge is 0.266 e. The summed E-state index contributed by atoms with van der Waals surface area (Å²) in [6.45, 7) is 4.12. The van der Waals surface area contributed by atoms with Crippen LogP contribution in [0.15, 0.2) is 23.1 Å². The number of carboxylic acids is 1. The average molecular weight is 394 g/mol. The molecule has 2 rings (SSSR count). The number of nitrogens with zero attached hydrogens (tertiary/aromatic N) is 1. The lowest BCUT2D eigenvalue weighted by Gasteiger charge is -2.14. The van der Waals surface area contributed by atoms with Gasteiger partial charge < -0.3 is 19.4 Å². The molecular formula is C18H20NO5S2-. The molecule has 1 fully saturated rings. The summed E-state index contributed by atoms with van der Waals surface area (Å²) in [6, 6.07) is 5.43. The van der Waals surface area contributed by atoms with Crippen LogP contribution in [0.5, 0.6) is 11.5 Å². The fourth-order valence-corrected chi connectivity index (χ4v) is 3.66. The quantitative estimate of drug-likeness (QED) is 0.494. The van der Waals surface area contributed by atoms with Crippen LogP contribution in [0.1, 0.15) is 32.3 Å². The number of hydrogen-bond acceptors (Lipinski definition) is 7. The number of rotatable bonds is 8. The molecule has 1 aromatic rings. The summed E-state index contributed by atoms with van der Waals surface area (Å²) < 4.78 is 11.5. The minimum Gasteiger partial charge on any atom is -0.550 e. The van der Waals surface area contributed by atoms with Crippen LogP contribution in [0.25, 0.3) is 6.08 Å². The first kappa shape index (κ1) is 20.3. The molecule has 26 heavy (non-hydrogen) atoms. The van der Waals surface area contributed by atoms with Crippen LogP contribution in [0.4, 0.5) is 0 Å². The Morgan fingerprint density at radius 2 is 2.12 bits per heavy atom. The van der Waals surface area contributed by atoms with Gasteiger partial charge in [-0.05, 0) is 50.5 Å². The molecule has 0 atom stereocenters. The number of carboxylic acid groups (broad SMARTS) is 1. The Hall–Kier alpha value is -2.06. The van der Waals surface area contributed by atoms with Crippen LogP contribution in [-0.4, -0.2) is 40.9 Å². The van der Waals surface area contributed by atoms with Gasteiger partial charge in [0.2, 0.25) is 0 Å². The van der Waals surface area contributed by atoms with E-state index in [2.05, 4.69) is 0 Å². The number of aliphatic carboxylic acids is 1. The van der Waals surface area contributed by atoms with E-state index in [1.165, 1.54) is 16.7 Å². The number of ether oxygens (including phenoxy) is 2. The van der Waals surface area contributed by atoms with Gasteiger partial charge in [0.25, 0.3) is 5.91 Å². The Morgan fingerprint density at radius 1 is 1.38 bits per heavy atom. The van der Waals surface area contributed by atoms with E-state index in [-0.39, 0.29) is 25.0 Å². The van der Waals surface area contributed by atoms with Gasteiger partial charge in [0.15, 0.2) is 11.5 Å². The molecule has 1 saturated heterocycles. The molecule has 0 aromatic heterocycles. The van der Waals surface area contributed by atoms with Crippen molar-refractivity contribution in [2.45, 2.75) is 32.8 Å². The van der Waals surface area contributed by atoms with Crippen LogP contribution in [0.3, 0.4) is 0 Å². The summed E-state index contributed by atoms with van der Waals surface area (Å²) in [4.78, 5) is 24.9. The molecular weight excluding hydrogens is 374 g/mol. The van der Waals surface area contributed by atoms with Crippen molar-refractivity contribution in [3.63, 3.8) is 0 Å². The standard InChI is InChI=1S/C18H21NO5S2/c1-11(2)24-13-7-6-12(9-14(13)23-3)10-15-17(22)19(18(25)26-15)8-4-5-16(20)21/h6-7,9-11H,4-5,8H2,1-3H3,(H,20,21)/p-1/b15-10-. The van der Waals surface area contributed by atoms with Crippen molar-refractivity contribution in [2.24, 2.45) is 0 Å². The molecule has 1 aliphatic rings. The first-order valence-electron chi connectivity index (χ1n) is 8.11. The number of benzene rings is 1. The number of thioether (sulfide) groups is 1. The zero-order chi connectivity index (χ0) is 19.3. The van der Waals surface area contributed by atoms with E-state index in [1.807, 2.05) is 19.9 Å². The largest absolute Gasteiger partial charge is 0.550 e. The maximum atomic E-state index is 12.5. The maximum Gasteiger partial charge on any atom is 0.266 e. The highest BCUT2D eigenvalue weighted by Crippen LogP contribution is 2.35. The van der Waals surface area contributed by atoms with E-state index < -0.39 is 5.97 Å². The molecule has 8 heteroatoms. The highest BCUT2D eigenvalue weighted by Gasteiger charge is 2.31. The Bertz CT molecular complexity index is 745. The predicted octanol–water partition coefficient (Wildman–Crippen LogP) is 2.21. The van der Waals surface area contributed by atoms with E-state index >= 15 is 0 Å². The summed E-state index contributed by atoms with van der Waals surface area (Å²) in [5.74, 6) is -0.145. The number of amides is 1. The molecule has 0 spiro atoms. The van der Waals surface area contributed by atoms with Crippen LogP contribution in [0, 0.1) is 0 Å². The van der Waals surface area contributed by atoms with Crippen molar-refractivity contribution in [1.29, 1.82) is 0 Å². The lowest BCUT2D eigenvalue weighted by atomic mass is 10.1. The van der Waals surface area contributed by atoms with Crippen LogP contribution in [-0.2, 0) is 9.59 Å². The molecule has 0 saturated carbocycles. The molecule has 1 aromatic carbocycles. The first-order valence-corrected chi connectivity index (χ1v) is 9.34. The third-order valence-corrected chi connectivity index (χ3v) is 4.86. The van der Waals surface area contributed by atoms with Gasteiger partial charge in [0, 0.05) is 12.5 Å². The van der Waals surface area contributed by atoms with E-state index in [0.717, 1.165) is 5.56 Å². The second-order valence-corrected chi connectivity index (χ2v) is 7.56. The number of hydrogen-bond donors (Lipinski definition) is 0. The third kappa shape index (κ3) is 5.22. The zero-order valence-electron chi connectivity index (χ0n) is 14.8. The van der Waals surface area contributed by atoms with Gasteiger partial charge in [-0.15, -0.1) is 0 Å². The predicted molar refractivity (Wildman–Crippen MR) is 103 cm³/mol. The Balaban J connectivity index is 2.15. The maximum absolute atomic E-state index is 12.5. The van der Waals surface area contributed by atoms with Crippen LogP contribution in [0.2, 0.25) is 0 Å². The minimum absolute atomic E-state index is 0.0204. The molecule has 1 amide bonds. The molecule has 0 aliphatic carbocycles. The van der Waals surface area contributed by atoms with Crippen LogP contribution >= 0.6 is 24.0 Å². The lowest BCUT2D eigenvalue weighted by molar-refractivity contribution is -0.305. The van der Waals surface area contributed by atoms with Crippen molar-refractivity contribution < 1.29 is 24.2 Å². The number of carbonyl (C=O) groups excluding carboxylic acids is 2. The van der Waals surface area contributed by atoms with E-state index in [4.69, 9.17) is 21.7 Å². The van der Waals surface area contributed by atoms with Gasteiger partial charge in [-0.25, -0.2) is 0 Å². The van der Waals surface area contributed by atoms with Crippen molar-refractivity contribution in [1.82, 2.24) is 4.90 Å². The first-order chi connectivity index (χ1) is 12.3. The third-order valence-electron chi connectivity index (χ3n) is 3.48. The minimum atomic E-state index is -1.14. The summed E-state index contributed by atoms with van der Waals surface area (Å²) in [5, 5.41) is 10.5. The molecule has 0 radical (unpaired) electrons. The van der Waals surface area contributed by atoms with Gasteiger partial charge >= 0.3 is 0 Å². The van der Waals surface area contributed by atoms with Gasteiger partial charge in [-0.1, -0.05) is 30.0 Å². The Morgan fingerprint density at radius 3 is 2.73 bits per heavy atom. The van der Waals surface area contributed by atoms with Crippen molar-refractivity contribution in [3.05, 3.63) is 28.7 Å².